The SMILES string of the molecule is CCc1cccc(CC)c1NC(N)=NCc1ccccc1-n1ccnc1.I. The molecule has 0 aliphatic heterocycles. The third-order valence-corrected chi connectivity index (χ3v) is 4.45. The van der Waals surface area contributed by atoms with Crippen LogP contribution in [0.4, 0.5) is 5.69 Å². The lowest BCUT2D eigenvalue weighted by Gasteiger charge is -2.15. The number of halogens is 1. The fourth-order valence-corrected chi connectivity index (χ4v) is 3.04. The number of anilines is 1. The van der Waals surface area contributed by atoms with E-state index in [1.807, 2.05) is 22.9 Å². The lowest BCUT2D eigenvalue weighted by Crippen LogP contribution is -2.24. The predicted molar refractivity (Wildman–Crippen MR) is 123 cm³/mol. The molecule has 5 nitrogen and oxygen atoms in total. The molecule has 0 radical (unpaired) electrons. The Morgan fingerprint density at radius 2 is 1.70 bits per heavy atom. The monoisotopic (exact) mass is 475 g/mol. The smallest absolute Gasteiger partial charge is 0.193 e. The largest absolute Gasteiger partial charge is 0.370 e. The average molecular weight is 475 g/mol. The van der Waals surface area contributed by atoms with E-state index in [1.165, 1.54) is 11.1 Å². The van der Waals surface area contributed by atoms with Crippen LogP contribution in [0.25, 0.3) is 5.69 Å². The molecule has 142 valence electrons. The molecule has 0 spiro atoms. The van der Waals surface area contributed by atoms with E-state index in [1.54, 1.807) is 12.5 Å². The van der Waals surface area contributed by atoms with Gasteiger partial charge in [0.2, 0.25) is 0 Å². The summed E-state index contributed by atoms with van der Waals surface area (Å²) in [6, 6.07) is 14.5. The molecule has 3 rings (SSSR count). The zero-order valence-electron chi connectivity index (χ0n) is 15.7. The van der Waals surface area contributed by atoms with Crippen molar-refractivity contribution in [2.24, 2.45) is 10.7 Å². The quantitative estimate of drug-likeness (QED) is 0.313. The van der Waals surface area contributed by atoms with Crippen molar-refractivity contribution >= 4 is 35.6 Å². The number of hydrogen-bond donors (Lipinski definition) is 2. The highest BCUT2D eigenvalue weighted by molar-refractivity contribution is 14.0. The maximum atomic E-state index is 6.19. The van der Waals surface area contributed by atoms with Crippen LogP contribution in [0.15, 0.2) is 66.2 Å². The van der Waals surface area contributed by atoms with Crippen LogP contribution in [-0.4, -0.2) is 15.5 Å². The fraction of sp³-hybridized carbons (Fsp3) is 0.238. The maximum Gasteiger partial charge on any atom is 0.193 e. The van der Waals surface area contributed by atoms with Gasteiger partial charge < -0.3 is 15.6 Å². The summed E-state index contributed by atoms with van der Waals surface area (Å²) in [5, 5.41) is 3.31. The van der Waals surface area contributed by atoms with E-state index in [4.69, 9.17) is 5.73 Å². The van der Waals surface area contributed by atoms with E-state index < -0.39 is 0 Å². The van der Waals surface area contributed by atoms with Crippen molar-refractivity contribution in [3.8, 4) is 5.69 Å². The number of imidazole rings is 1. The molecule has 0 aliphatic rings. The van der Waals surface area contributed by atoms with Gasteiger partial charge in [-0.3, -0.25) is 0 Å². The Bertz CT molecular complexity index is 865. The van der Waals surface area contributed by atoms with Gasteiger partial charge in [0.1, 0.15) is 0 Å². The molecule has 0 amide bonds. The lowest BCUT2D eigenvalue weighted by molar-refractivity contribution is 0.979. The molecule has 6 heteroatoms. The van der Waals surface area contributed by atoms with E-state index in [-0.39, 0.29) is 24.0 Å². The summed E-state index contributed by atoms with van der Waals surface area (Å²) in [7, 11) is 0. The second kappa shape index (κ2) is 10.1. The summed E-state index contributed by atoms with van der Waals surface area (Å²) >= 11 is 0. The number of aliphatic imine (C=N–C) groups is 1. The van der Waals surface area contributed by atoms with Gasteiger partial charge in [-0.15, -0.1) is 24.0 Å². The zero-order valence-corrected chi connectivity index (χ0v) is 18.1. The second-order valence-electron chi connectivity index (χ2n) is 6.08. The minimum atomic E-state index is 0. The highest BCUT2D eigenvalue weighted by Crippen LogP contribution is 2.22. The Balaban J connectivity index is 0.00000261. The van der Waals surface area contributed by atoms with Gasteiger partial charge in [-0.2, -0.15) is 0 Å². The molecule has 3 aromatic rings. The first-order valence-electron chi connectivity index (χ1n) is 8.96. The summed E-state index contributed by atoms with van der Waals surface area (Å²) < 4.78 is 1.98. The van der Waals surface area contributed by atoms with Gasteiger partial charge in [0.25, 0.3) is 0 Å². The minimum Gasteiger partial charge on any atom is -0.370 e. The van der Waals surface area contributed by atoms with Crippen molar-refractivity contribution in [2.45, 2.75) is 33.2 Å². The molecule has 0 aliphatic carbocycles. The molecule has 3 N–H and O–H groups in total. The van der Waals surface area contributed by atoms with Crippen molar-refractivity contribution in [1.29, 1.82) is 0 Å². The van der Waals surface area contributed by atoms with Crippen LogP contribution >= 0.6 is 24.0 Å². The molecule has 0 bridgehead atoms. The first-order chi connectivity index (χ1) is 12.7. The number of para-hydroxylation sites is 2. The number of nitrogens with one attached hydrogen (secondary N) is 1. The molecule has 1 heterocycles. The van der Waals surface area contributed by atoms with Crippen molar-refractivity contribution < 1.29 is 0 Å². The van der Waals surface area contributed by atoms with Crippen molar-refractivity contribution in [1.82, 2.24) is 9.55 Å². The minimum absolute atomic E-state index is 0. The molecule has 0 fully saturated rings. The summed E-state index contributed by atoms with van der Waals surface area (Å²) in [5.41, 5.74) is 11.9. The van der Waals surface area contributed by atoms with Crippen LogP contribution in [0, 0.1) is 0 Å². The summed E-state index contributed by atoms with van der Waals surface area (Å²) in [5.74, 6) is 0.432. The third-order valence-electron chi connectivity index (χ3n) is 4.45. The van der Waals surface area contributed by atoms with Gasteiger partial charge in [-0.05, 0) is 35.6 Å². The number of benzene rings is 2. The molecule has 27 heavy (non-hydrogen) atoms. The molecule has 1 aromatic heterocycles. The second-order valence-corrected chi connectivity index (χ2v) is 6.08. The van der Waals surface area contributed by atoms with E-state index in [0.29, 0.717) is 12.5 Å². The van der Waals surface area contributed by atoms with Gasteiger partial charge in [-0.1, -0.05) is 50.2 Å². The summed E-state index contributed by atoms with van der Waals surface area (Å²) in [6.45, 7) is 4.80. The number of aromatic nitrogens is 2. The van der Waals surface area contributed by atoms with E-state index in [9.17, 15) is 0 Å². The van der Waals surface area contributed by atoms with Crippen LogP contribution in [0.5, 0.6) is 0 Å². The number of rotatable bonds is 6. The van der Waals surface area contributed by atoms with Gasteiger partial charge in [0.15, 0.2) is 5.96 Å². The average Bonchev–Trinajstić information content (AvgIpc) is 3.21. The number of hydrogen-bond acceptors (Lipinski definition) is 2. The maximum absolute atomic E-state index is 6.19. The van der Waals surface area contributed by atoms with Crippen LogP contribution in [0.3, 0.4) is 0 Å². The van der Waals surface area contributed by atoms with E-state index in [0.717, 1.165) is 29.8 Å². The van der Waals surface area contributed by atoms with Crippen LogP contribution in [-0.2, 0) is 19.4 Å². The van der Waals surface area contributed by atoms with Crippen LogP contribution < -0.4 is 11.1 Å². The molecule has 0 unspecified atom stereocenters. The third kappa shape index (κ3) is 5.09. The Morgan fingerprint density at radius 1 is 1.04 bits per heavy atom. The van der Waals surface area contributed by atoms with Crippen molar-refractivity contribution in [2.75, 3.05) is 5.32 Å². The van der Waals surface area contributed by atoms with Crippen LogP contribution in [0.1, 0.15) is 30.5 Å². The van der Waals surface area contributed by atoms with Crippen molar-refractivity contribution in [3.05, 3.63) is 77.9 Å². The molecule has 0 atom stereocenters. The highest BCUT2D eigenvalue weighted by atomic mass is 127. The van der Waals surface area contributed by atoms with Crippen LogP contribution in [0.2, 0.25) is 0 Å². The normalized spacial score (nSPS) is 11.1. The molecular weight excluding hydrogens is 449 g/mol. The van der Waals surface area contributed by atoms with Gasteiger partial charge in [0, 0.05) is 18.1 Å². The topological polar surface area (TPSA) is 68.2 Å². The molecule has 0 saturated heterocycles. The number of nitrogens with zero attached hydrogens (tertiary/aromatic N) is 3. The lowest BCUT2D eigenvalue weighted by atomic mass is 10.0. The highest BCUT2D eigenvalue weighted by Gasteiger charge is 2.08. The Kier molecular flexibility index (Phi) is 7.84. The van der Waals surface area contributed by atoms with Gasteiger partial charge in [0.05, 0.1) is 18.6 Å². The van der Waals surface area contributed by atoms with E-state index in [2.05, 4.69) is 59.5 Å². The Morgan fingerprint density at radius 3 is 2.33 bits per heavy atom. The first kappa shape index (κ1) is 21.0. The molecular formula is C21H26IN5. The number of aryl methyl sites for hydroxylation is 2. The van der Waals surface area contributed by atoms with E-state index >= 15 is 0 Å². The van der Waals surface area contributed by atoms with Crippen molar-refractivity contribution in [3.63, 3.8) is 0 Å². The number of nitrogens with two attached hydrogens (primary N) is 1. The Labute approximate surface area is 177 Å². The summed E-state index contributed by atoms with van der Waals surface area (Å²) in [6.07, 6.45) is 7.38. The summed E-state index contributed by atoms with van der Waals surface area (Å²) in [4.78, 5) is 8.68. The van der Waals surface area contributed by atoms with Gasteiger partial charge >= 0.3 is 0 Å². The fourth-order valence-electron chi connectivity index (χ4n) is 3.04. The molecule has 2 aromatic carbocycles. The predicted octanol–water partition coefficient (Wildman–Crippen LogP) is 4.54. The first-order valence-corrected chi connectivity index (χ1v) is 8.96. The zero-order chi connectivity index (χ0) is 18.4. The van der Waals surface area contributed by atoms with Gasteiger partial charge in [-0.25, -0.2) is 9.98 Å². The molecule has 0 saturated carbocycles. The standard InChI is InChI=1S/C21H25N5.HI/c1-3-16-9-7-10-17(4-2)20(16)25-21(22)24-14-18-8-5-6-11-19(18)26-13-12-23-15-26;/h5-13,15H,3-4,14H2,1-2H3,(H3,22,24,25);1H. The number of guanidine groups is 1. The Hall–Kier alpha value is -2.35.